The lowest BCUT2D eigenvalue weighted by Crippen LogP contribution is -2.09. The van der Waals surface area contributed by atoms with Crippen molar-refractivity contribution in [3.8, 4) is 5.75 Å². The third kappa shape index (κ3) is 3.04. The number of aromatic nitrogens is 3. The summed E-state index contributed by atoms with van der Waals surface area (Å²) in [7, 11) is 0. The number of pyridine rings is 1. The molecule has 2 aromatic rings. The summed E-state index contributed by atoms with van der Waals surface area (Å²) in [6.07, 6.45) is 4.94. The van der Waals surface area contributed by atoms with Crippen molar-refractivity contribution in [3.63, 3.8) is 0 Å². The van der Waals surface area contributed by atoms with E-state index in [4.69, 9.17) is 9.84 Å². The highest BCUT2D eigenvalue weighted by Gasteiger charge is 2.03. The molecule has 0 fully saturated rings. The molecule has 17 heavy (non-hydrogen) atoms. The summed E-state index contributed by atoms with van der Waals surface area (Å²) in [5, 5.41) is 12.7. The van der Waals surface area contributed by atoms with Crippen LogP contribution < -0.4 is 4.74 Å². The molecule has 0 saturated heterocycles. The smallest absolute Gasteiger partial charge is 0.354 e. The van der Waals surface area contributed by atoms with Gasteiger partial charge in [-0.3, -0.25) is 4.68 Å². The van der Waals surface area contributed by atoms with E-state index >= 15 is 0 Å². The quantitative estimate of drug-likeness (QED) is 0.835. The number of carboxylic acid groups (broad SMARTS) is 1. The molecule has 0 unspecified atom stereocenters. The fraction of sp³-hybridized carbons (Fsp3) is 0.182. The maximum atomic E-state index is 10.6. The zero-order valence-corrected chi connectivity index (χ0v) is 8.98. The Labute approximate surface area is 97.5 Å². The summed E-state index contributed by atoms with van der Waals surface area (Å²) in [6.45, 7) is 1.09. The number of ether oxygens (including phenoxy) is 1. The van der Waals surface area contributed by atoms with Gasteiger partial charge in [0.1, 0.15) is 18.1 Å². The maximum absolute atomic E-state index is 10.6. The van der Waals surface area contributed by atoms with Gasteiger partial charge >= 0.3 is 5.97 Å². The first-order valence-electron chi connectivity index (χ1n) is 5.05. The molecule has 0 spiro atoms. The van der Waals surface area contributed by atoms with Gasteiger partial charge in [-0.2, -0.15) is 5.10 Å². The van der Waals surface area contributed by atoms with Gasteiger partial charge in [-0.25, -0.2) is 9.78 Å². The summed E-state index contributed by atoms with van der Waals surface area (Å²) in [5.74, 6) is -0.504. The average molecular weight is 233 g/mol. The first-order chi connectivity index (χ1) is 8.25. The van der Waals surface area contributed by atoms with E-state index < -0.39 is 5.97 Å². The van der Waals surface area contributed by atoms with Crippen molar-refractivity contribution in [2.45, 2.75) is 6.54 Å². The largest absolute Gasteiger partial charge is 0.490 e. The molecule has 0 aliphatic heterocycles. The Bertz CT molecular complexity index is 479. The van der Waals surface area contributed by atoms with Crippen LogP contribution in [-0.2, 0) is 6.54 Å². The van der Waals surface area contributed by atoms with Gasteiger partial charge in [0.2, 0.25) is 0 Å². The molecule has 0 aromatic carbocycles. The predicted molar refractivity (Wildman–Crippen MR) is 58.9 cm³/mol. The van der Waals surface area contributed by atoms with Crippen LogP contribution in [0.1, 0.15) is 10.5 Å². The second kappa shape index (κ2) is 5.11. The van der Waals surface area contributed by atoms with Crippen LogP contribution in [0.5, 0.6) is 5.75 Å². The molecule has 2 aromatic heterocycles. The second-order valence-corrected chi connectivity index (χ2v) is 3.30. The summed E-state index contributed by atoms with van der Waals surface area (Å²) < 4.78 is 7.15. The summed E-state index contributed by atoms with van der Waals surface area (Å²) in [4.78, 5) is 14.3. The third-order valence-electron chi connectivity index (χ3n) is 2.10. The number of hydrogen-bond donors (Lipinski definition) is 1. The minimum absolute atomic E-state index is 0.00410. The Morgan fingerprint density at radius 1 is 1.47 bits per heavy atom. The van der Waals surface area contributed by atoms with E-state index in [2.05, 4.69) is 10.1 Å². The summed E-state index contributed by atoms with van der Waals surface area (Å²) >= 11 is 0. The number of carboxylic acids is 1. The first kappa shape index (κ1) is 11.1. The zero-order chi connectivity index (χ0) is 12.1. The molecule has 2 rings (SSSR count). The van der Waals surface area contributed by atoms with Crippen LogP contribution in [-0.4, -0.2) is 32.4 Å². The molecule has 0 amide bonds. The molecular weight excluding hydrogens is 222 g/mol. The Kier molecular flexibility index (Phi) is 3.34. The van der Waals surface area contributed by atoms with E-state index in [0.29, 0.717) is 18.9 Å². The molecule has 0 atom stereocenters. The Balaban J connectivity index is 1.85. The number of nitrogens with zero attached hydrogens (tertiary/aromatic N) is 3. The van der Waals surface area contributed by atoms with Crippen LogP contribution in [0.4, 0.5) is 0 Å². The lowest BCUT2D eigenvalue weighted by molar-refractivity contribution is 0.0690. The van der Waals surface area contributed by atoms with Gasteiger partial charge in [0.25, 0.3) is 0 Å². The first-order valence-corrected chi connectivity index (χ1v) is 5.05. The lowest BCUT2D eigenvalue weighted by atomic mass is 10.3. The molecule has 88 valence electrons. The van der Waals surface area contributed by atoms with Crippen LogP contribution in [0.15, 0.2) is 36.8 Å². The SMILES string of the molecule is O=C(O)c1ccc(OCCn2cccn2)cn1. The van der Waals surface area contributed by atoms with Gasteiger partial charge in [-0.15, -0.1) is 0 Å². The molecule has 6 nitrogen and oxygen atoms in total. The Morgan fingerprint density at radius 3 is 2.94 bits per heavy atom. The molecule has 1 N–H and O–H groups in total. The fourth-order valence-corrected chi connectivity index (χ4v) is 1.28. The number of aromatic carboxylic acids is 1. The minimum Gasteiger partial charge on any atom is -0.490 e. The zero-order valence-electron chi connectivity index (χ0n) is 8.98. The molecular formula is C11H11N3O3. The molecule has 0 saturated carbocycles. The Morgan fingerprint density at radius 2 is 2.35 bits per heavy atom. The van der Waals surface area contributed by atoms with Crippen LogP contribution in [0.2, 0.25) is 0 Å². The van der Waals surface area contributed by atoms with Gasteiger partial charge in [-0.05, 0) is 18.2 Å². The van der Waals surface area contributed by atoms with Crippen molar-refractivity contribution in [1.29, 1.82) is 0 Å². The van der Waals surface area contributed by atoms with E-state index in [0.717, 1.165) is 0 Å². The van der Waals surface area contributed by atoms with Gasteiger partial charge in [0.05, 0.1) is 12.7 Å². The third-order valence-corrected chi connectivity index (χ3v) is 2.10. The van der Waals surface area contributed by atoms with Gasteiger partial charge in [0, 0.05) is 12.4 Å². The average Bonchev–Trinajstić information content (AvgIpc) is 2.83. The fourth-order valence-electron chi connectivity index (χ4n) is 1.28. The highest BCUT2D eigenvalue weighted by atomic mass is 16.5. The van der Waals surface area contributed by atoms with E-state index in [-0.39, 0.29) is 5.69 Å². The van der Waals surface area contributed by atoms with Crippen molar-refractivity contribution in [2.24, 2.45) is 0 Å². The van der Waals surface area contributed by atoms with Crippen LogP contribution in [0.3, 0.4) is 0 Å². The number of carbonyl (C=O) groups is 1. The van der Waals surface area contributed by atoms with Crippen molar-refractivity contribution in [2.75, 3.05) is 6.61 Å². The van der Waals surface area contributed by atoms with E-state index in [1.54, 1.807) is 16.9 Å². The predicted octanol–water partition coefficient (Wildman–Crippen LogP) is 1.06. The highest BCUT2D eigenvalue weighted by molar-refractivity contribution is 5.85. The molecule has 0 aliphatic rings. The second-order valence-electron chi connectivity index (χ2n) is 3.30. The number of hydrogen-bond acceptors (Lipinski definition) is 4. The summed E-state index contributed by atoms with van der Waals surface area (Å²) in [5.41, 5.74) is 0.00410. The maximum Gasteiger partial charge on any atom is 0.354 e. The van der Waals surface area contributed by atoms with Crippen LogP contribution >= 0.6 is 0 Å². The van der Waals surface area contributed by atoms with Gasteiger partial charge < -0.3 is 9.84 Å². The van der Waals surface area contributed by atoms with Crippen molar-refractivity contribution in [3.05, 3.63) is 42.5 Å². The van der Waals surface area contributed by atoms with E-state index in [9.17, 15) is 4.79 Å². The Hall–Kier alpha value is -2.37. The topological polar surface area (TPSA) is 77.2 Å². The van der Waals surface area contributed by atoms with Crippen LogP contribution in [0, 0.1) is 0 Å². The molecule has 0 bridgehead atoms. The normalized spacial score (nSPS) is 10.1. The molecule has 0 radical (unpaired) electrons. The van der Waals surface area contributed by atoms with Crippen molar-refractivity contribution >= 4 is 5.97 Å². The van der Waals surface area contributed by atoms with Gasteiger partial charge in [-0.1, -0.05) is 0 Å². The lowest BCUT2D eigenvalue weighted by Gasteiger charge is -2.05. The number of rotatable bonds is 5. The minimum atomic E-state index is -1.05. The van der Waals surface area contributed by atoms with Crippen molar-refractivity contribution < 1.29 is 14.6 Å². The standard InChI is InChI=1S/C11H11N3O3/c15-11(16)10-3-2-9(8-12-10)17-7-6-14-5-1-4-13-14/h1-5,8H,6-7H2,(H,15,16). The van der Waals surface area contributed by atoms with E-state index in [1.165, 1.54) is 12.3 Å². The van der Waals surface area contributed by atoms with Gasteiger partial charge in [0.15, 0.2) is 0 Å². The highest BCUT2D eigenvalue weighted by Crippen LogP contribution is 2.09. The van der Waals surface area contributed by atoms with Crippen LogP contribution in [0.25, 0.3) is 0 Å². The monoisotopic (exact) mass is 233 g/mol. The molecule has 2 heterocycles. The molecule has 0 aliphatic carbocycles. The summed E-state index contributed by atoms with van der Waals surface area (Å²) in [6, 6.07) is 4.83. The molecule has 6 heteroatoms. The van der Waals surface area contributed by atoms with E-state index in [1.807, 2.05) is 12.3 Å². The van der Waals surface area contributed by atoms with Crippen molar-refractivity contribution in [1.82, 2.24) is 14.8 Å².